The third-order valence-corrected chi connectivity index (χ3v) is 8.30. The van der Waals surface area contributed by atoms with Crippen molar-refractivity contribution in [3.05, 3.63) is 65.9 Å². The molecule has 3 aromatic rings. The van der Waals surface area contributed by atoms with Gasteiger partial charge in [-0.05, 0) is 54.9 Å². The number of methoxy groups -OCH3 is 1. The van der Waals surface area contributed by atoms with Crippen LogP contribution in [-0.2, 0) is 11.4 Å². The Labute approximate surface area is 256 Å². The highest BCUT2D eigenvalue weighted by Crippen LogP contribution is 2.42. The van der Waals surface area contributed by atoms with E-state index < -0.39 is 0 Å². The van der Waals surface area contributed by atoms with E-state index in [-0.39, 0.29) is 36.2 Å². The normalized spacial score (nSPS) is 17.3. The van der Waals surface area contributed by atoms with Gasteiger partial charge >= 0.3 is 0 Å². The molecule has 1 saturated carbocycles. The average Bonchev–Trinajstić information content (AvgIpc) is 3.45. The summed E-state index contributed by atoms with van der Waals surface area (Å²) >= 11 is 0. The van der Waals surface area contributed by atoms with Gasteiger partial charge in [0, 0.05) is 19.0 Å². The Hall–Kier alpha value is -3.81. The number of unbranched alkanes of at least 4 members (excludes halogenated alkanes) is 1. The molecule has 1 aromatic heterocycles. The SMILES string of the molecule is CCCCNC(=O)C[C@@H](NC(=O)c1cc(-c2c(OC)cccc2OCc2ccccc2)n(C2CCCC(C)C2)n1)C(C)C. The van der Waals surface area contributed by atoms with E-state index in [1.807, 2.05) is 73.1 Å². The van der Waals surface area contributed by atoms with Gasteiger partial charge in [0.2, 0.25) is 5.91 Å². The highest BCUT2D eigenvalue weighted by atomic mass is 16.5. The van der Waals surface area contributed by atoms with Crippen LogP contribution in [-0.4, -0.2) is 41.3 Å². The number of carbonyl (C=O) groups is 2. The molecule has 1 heterocycles. The van der Waals surface area contributed by atoms with Gasteiger partial charge in [-0.25, -0.2) is 0 Å². The number of carbonyl (C=O) groups excluding carboxylic acids is 2. The van der Waals surface area contributed by atoms with Crippen LogP contribution in [0.25, 0.3) is 11.3 Å². The molecular weight excluding hydrogens is 540 g/mol. The number of nitrogens with one attached hydrogen (secondary N) is 2. The lowest BCUT2D eigenvalue weighted by Crippen LogP contribution is -2.42. The summed E-state index contributed by atoms with van der Waals surface area (Å²) in [6, 6.07) is 17.5. The summed E-state index contributed by atoms with van der Waals surface area (Å²) in [5.41, 5.74) is 2.96. The highest BCUT2D eigenvalue weighted by molar-refractivity contribution is 5.94. The topological polar surface area (TPSA) is 94.5 Å². The van der Waals surface area contributed by atoms with Crippen LogP contribution in [0, 0.1) is 11.8 Å². The molecule has 0 radical (unpaired) electrons. The largest absolute Gasteiger partial charge is 0.496 e. The smallest absolute Gasteiger partial charge is 0.272 e. The van der Waals surface area contributed by atoms with Gasteiger partial charge < -0.3 is 20.1 Å². The molecule has 43 heavy (non-hydrogen) atoms. The van der Waals surface area contributed by atoms with Crippen molar-refractivity contribution in [2.45, 2.75) is 91.3 Å². The zero-order valence-electron chi connectivity index (χ0n) is 26.4. The minimum absolute atomic E-state index is 0.0518. The Balaban J connectivity index is 1.67. The quantitative estimate of drug-likeness (QED) is 0.199. The minimum Gasteiger partial charge on any atom is -0.496 e. The number of hydrogen-bond acceptors (Lipinski definition) is 5. The Morgan fingerprint density at radius 2 is 1.84 bits per heavy atom. The minimum atomic E-state index is -0.312. The van der Waals surface area contributed by atoms with Gasteiger partial charge in [0.05, 0.1) is 24.4 Å². The van der Waals surface area contributed by atoms with Crippen LogP contribution in [0.3, 0.4) is 0 Å². The number of hydrogen-bond donors (Lipinski definition) is 2. The van der Waals surface area contributed by atoms with Crippen LogP contribution in [0.4, 0.5) is 0 Å². The van der Waals surface area contributed by atoms with Gasteiger partial charge in [-0.15, -0.1) is 0 Å². The number of rotatable bonds is 14. The van der Waals surface area contributed by atoms with Crippen LogP contribution in [0.15, 0.2) is 54.6 Å². The van der Waals surface area contributed by atoms with Gasteiger partial charge in [-0.3, -0.25) is 14.3 Å². The molecular formula is C35H48N4O4. The maximum atomic E-state index is 13.7. The number of ether oxygens (including phenoxy) is 2. The van der Waals surface area contributed by atoms with Crippen molar-refractivity contribution in [2.24, 2.45) is 11.8 Å². The summed E-state index contributed by atoms with van der Waals surface area (Å²) < 4.78 is 14.2. The van der Waals surface area contributed by atoms with Gasteiger partial charge in [0.15, 0.2) is 5.69 Å². The zero-order chi connectivity index (χ0) is 30.8. The van der Waals surface area contributed by atoms with E-state index in [0.717, 1.165) is 48.9 Å². The van der Waals surface area contributed by atoms with E-state index in [0.29, 0.717) is 36.3 Å². The molecule has 2 N–H and O–H groups in total. The maximum absolute atomic E-state index is 13.7. The molecule has 2 unspecified atom stereocenters. The van der Waals surface area contributed by atoms with E-state index in [1.54, 1.807) is 7.11 Å². The third-order valence-electron chi connectivity index (χ3n) is 8.30. The van der Waals surface area contributed by atoms with Crippen LogP contribution >= 0.6 is 0 Å². The van der Waals surface area contributed by atoms with Crippen LogP contribution in [0.5, 0.6) is 11.5 Å². The van der Waals surface area contributed by atoms with Crippen molar-refractivity contribution < 1.29 is 19.1 Å². The molecule has 0 bridgehead atoms. The fraction of sp³-hybridized carbons (Fsp3) is 0.514. The Morgan fingerprint density at radius 1 is 1.07 bits per heavy atom. The molecule has 0 spiro atoms. The monoisotopic (exact) mass is 588 g/mol. The fourth-order valence-corrected chi connectivity index (χ4v) is 5.76. The second-order valence-electron chi connectivity index (χ2n) is 12.1. The Bertz CT molecular complexity index is 1340. The first-order valence-corrected chi connectivity index (χ1v) is 15.8. The van der Waals surface area contributed by atoms with Gasteiger partial charge in [-0.1, -0.05) is 83.4 Å². The first-order valence-electron chi connectivity index (χ1n) is 15.8. The summed E-state index contributed by atoms with van der Waals surface area (Å²) in [5.74, 6) is 1.63. The average molecular weight is 589 g/mol. The lowest BCUT2D eigenvalue weighted by molar-refractivity contribution is -0.121. The molecule has 8 heteroatoms. The van der Waals surface area contributed by atoms with Crippen molar-refractivity contribution in [3.63, 3.8) is 0 Å². The van der Waals surface area contributed by atoms with Crippen LogP contribution in [0.2, 0.25) is 0 Å². The predicted octanol–water partition coefficient (Wildman–Crippen LogP) is 6.95. The summed E-state index contributed by atoms with van der Waals surface area (Å²) in [6.45, 7) is 9.45. The third kappa shape index (κ3) is 8.62. The molecule has 1 fully saturated rings. The van der Waals surface area contributed by atoms with E-state index in [4.69, 9.17) is 14.6 Å². The molecule has 232 valence electrons. The van der Waals surface area contributed by atoms with Crippen molar-refractivity contribution in [3.8, 4) is 22.8 Å². The van der Waals surface area contributed by atoms with Crippen molar-refractivity contribution in [1.82, 2.24) is 20.4 Å². The predicted molar refractivity (Wildman–Crippen MR) is 170 cm³/mol. The van der Waals surface area contributed by atoms with Crippen LogP contribution < -0.4 is 20.1 Å². The molecule has 0 saturated heterocycles. The molecule has 8 nitrogen and oxygen atoms in total. The first kappa shape index (κ1) is 32.1. The molecule has 3 atom stereocenters. The lowest BCUT2D eigenvalue weighted by Gasteiger charge is -2.29. The molecule has 0 aliphatic heterocycles. The first-order chi connectivity index (χ1) is 20.8. The zero-order valence-corrected chi connectivity index (χ0v) is 26.4. The molecule has 1 aliphatic carbocycles. The van der Waals surface area contributed by atoms with E-state index in [1.165, 1.54) is 6.42 Å². The van der Waals surface area contributed by atoms with Crippen LogP contribution in [0.1, 0.15) is 94.7 Å². The summed E-state index contributed by atoms with van der Waals surface area (Å²) in [4.78, 5) is 26.3. The number of benzene rings is 2. The van der Waals surface area contributed by atoms with Gasteiger partial charge in [-0.2, -0.15) is 5.10 Å². The second kappa shape index (κ2) is 15.6. The molecule has 2 amide bonds. The number of aromatic nitrogens is 2. The molecule has 4 rings (SSSR count). The van der Waals surface area contributed by atoms with E-state index >= 15 is 0 Å². The number of nitrogens with zero attached hydrogens (tertiary/aromatic N) is 2. The second-order valence-corrected chi connectivity index (χ2v) is 12.1. The maximum Gasteiger partial charge on any atom is 0.272 e. The molecule has 1 aliphatic rings. The summed E-state index contributed by atoms with van der Waals surface area (Å²) in [5, 5.41) is 11.0. The van der Waals surface area contributed by atoms with Gasteiger partial charge in [0.1, 0.15) is 18.1 Å². The number of amides is 2. The Kier molecular flexibility index (Phi) is 11.6. The summed E-state index contributed by atoms with van der Waals surface area (Å²) in [6.07, 6.45) is 6.45. The Morgan fingerprint density at radius 3 is 2.53 bits per heavy atom. The lowest BCUT2D eigenvalue weighted by atomic mass is 9.87. The van der Waals surface area contributed by atoms with E-state index in [2.05, 4.69) is 24.5 Å². The van der Waals surface area contributed by atoms with Crippen molar-refractivity contribution in [2.75, 3.05) is 13.7 Å². The van der Waals surface area contributed by atoms with Gasteiger partial charge in [0.25, 0.3) is 5.91 Å². The standard InChI is InChI=1S/C35H48N4O4/c1-6-7-19-36-33(40)22-28(24(2)3)37-35(41)29-21-30(39(38-29)27-16-11-13-25(4)20-27)34-31(42-5)17-12-18-32(34)43-23-26-14-9-8-10-15-26/h8-10,12,14-15,17-18,21,24-25,27-28H,6-7,11,13,16,19-20,22-23H2,1-5H3,(H,36,40)(H,37,41)/t25?,27?,28-/m1/s1. The van der Waals surface area contributed by atoms with Crippen molar-refractivity contribution >= 4 is 11.8 Å². The van der Waals surface area contributed by atoms with E-state index in [9.17, 15) is 9.59 Å². The molecule has 2 aromatic carbocycles. The highest BCUT2D eigenvalue weighted by Gasteiger charge is 2.29. The summed E-state index contributed by atoms with van der Waals surface area (Å²) in [7, 11) is 1.65. The van der Waals surface area contributed by atoms with Crippen molar-refractivity contribution in [1.29, 1.82) is 0 Å². The fourth-order valence-electron chi connectivity index (χ4n) is 5.76.